The third-order valence-corrected chi connectivity index (χ3v) is 4.57. The molecule has 1 aliphatic heterocycles. The minimum Gasteiger partial charge on any atom is -0.379 e. The number of rotatable bonds is 7. The van der Waals surface area contributed by atoms with Crippen LogP contribution in [0, 0.1) is 6.92 Å². The van der Waals surface area contributed by atoms with Crippen molar-refractivity contribution in [3.8, 4) is 0 Å². The highest BCUT2D eigenvalue weighted by Crippen LogP contribution is 2.20. The molecule has 1 aromatic carbocycles. The molecule has 1 aromatic rings. The average molecular weight is 356 g/mol. The molecule has 1 N–H and O–H groups in total. The van der Waals surface area contributed by atoms with Crippen molar-refractivity contribution in [2.75, 3.05) is 26.4 Å². The van der Waals surface area contributed by atoms with E-state index in [1.54, 1.807) is 0 Å². The molecule has 0 spiro atoms. The minimum absolute atomic E-state index is 0.0512. The predicted octanol–water partition coefficient (Wildman–Crippen LogP) is 3.07. The van der Waals surface area contributed by atoms with Crippen molar-refractivity contribution < 1.29 is 14.3 Å². The second-order valence-electron chi connectivity index (χ2n) is 5.26. The Morgan fingerprint density at radius 2 is 2.38 bits per heavy atom. The quantitative estimate of drug-likeness (QED) is 0.764. The molecule has 1 fully saturated rings. The van der Waals surface area contributed by atoms with Gasteiger partial charge in [-0.2, -0.15) is 0 Å². The standard InChI is InChI=1S/C16H22BrNO3/c1-12-5-2-7-14(15(12)17)16(19)18-8-4-9-20-11-13-6-3-10-21-13/h2,5,7,13H,3-4,6,8-11H2,1H3,(H,18,19). The molecule has 5 heteroatoms. The maximum atomic E-state index is 12.1. The third-order valence-electron chi connectivity index (χ3n) is 3.52. The Bertz CT molecular complexity index is 473. The van der Waals surface area contributed by atoms with Crippen LogP contribution in [0.25, 0.3) is 0 Å². The van der Waals surface area contributed by atoms with Crippen molar-refractivity contribution in [1.82, 2.24) is 5.32 Å². The first kappa shape index (κ1) is 16.5. The Hall–Kier alpha value is -0.910. The van der Waals surface area contributed by atoms with Crippen LogP contribution in [0.3, 0.4) is 0 Å². The largest absolute Gasteiger partial charge is 0.379 e. The van der Waals surface area contributed by atoms with Gasteiger partial charge in [0.05, 0.1) is 18.3 Å². The molecule has 0 bridgehead atoms. The smallest absolute Gasteiger partial charge is 0.252 e. The minimum atomic E-state index is -0.0512. The summed E-state index contributed by atoms with van der Waals surface area (Å²) in [7, 11) is 0. The van der Waals surface area contributed by atoms with Crippen LogP contribution in [0.15, 0.2) is 22.7 Å². The number of halogens is 1. The maximum Gasteiger partial charge on any atom is 0.252 e. The molecule has 2 rings (SSSR count). The van der Waals surface area contributed by atoms with Gasteiger partial charge in [-0.15, -0.1) is 0 Å². The highest BCUT2D eigenvalue weighted by molar-refractivity contribution is 9.10. The number of ether oxygens (including phenoxy) is 2. The van der Waals surface area contributed by atoms with E-state index in [0.717, 1.165) is 35.9 Å². The van der Waals surface area contributed by atoms with Gasteiger partial charge in [-0.3, -0.25) is 4.79 Å². The van der Waals surface area contributed by atoms with Gasteiger partial charge in [-0.05, 0) is 53.7 Å². The van der Waals surface area contributed by atoms with E-state index < -0.39 is 0 Å². The third kappa shape index (κ3) is 5.09. The summed E-state index contributed by atoms with van der Waals surface area (Å²) < 4.78 is 11.9. The van der Waals surface area contributed by atoms with E-state index in [1.165, 1.54) is 0 Å². The van der Waals surface area contributed by atoms with Crippen molar-refractivity contribution in [3.63, 3.8) is 0 Å². The molecular formula is C16H22BrNO3. The van der Waals surface area contributed by atoms with E-state index in [-0.39, 0.29) is 12.0 Å². The zero-order chi connectivity index (χ0) is 15.1. The molecule has 1 unspecified atom stereocenters. The molecule has 116 valence electrons. The van der Waals surface area contributed by atoms with Crippen LogP contribution in [0.4, 0.5) is 0 Å². The summed E-state index contributed by atoms with van der Waals surface area (Å²) in [6, 6.07) is 5.68. The number of carbonyl (C=O) groups is 1. The van der Waals surface area contributed by atoms with E-state index in [1.807, 2.05) is 25.1 Å². The topological polar surface area (TPSA) is 47.6 Å². The number of hydrogen-bond acceptors (Lipinski definition) is 3. The summed E-state index contributed by atoms with van der Waals surface area (Å²) in [4.78, 5) is 12.1. The zero-order valence-electron chi connectivity index (χ0n) is 12.4. The highest BCUT2D eigenvalue weighted by atomic mass is 79.9. The summed E-state index contributed by atoms with van der Waals surface area (Å²) in [6.45, 7) is 4.76. The summed E-state index contributed by atoms with van der Waals surface area (Å²) >= 11 is 3.45. The van der Waals surface area contributed by atoms with Crippen LogP contribution in [0.5, 0.6) is 0 Å². The van der Waals surface area contributed by atoms with Crippen molar-refractivity contribution in [3.05, 3.63) is 33.8 Å². The molecule has 1 saturated heterocycles. The summed E-state index contributed by atoms with van der Waals surface area (Å²) in [6.07, 6.45) is 3.30. The SMILES string of the molecule is Cc1cccc(C(=O)NCCCOCC2CCCO2)c1Br. The van der Waals surface area contributed by atoms with Crippen LogP contribution >= 0.6 is 15.9 Å². The summed E-state index contributed by atoms with van der Waals surface area (Å²) in [5.74, 6) is -0.0512. The summed E-state index contributed by atoms with van der Waals surface area (Å²) in [5.41, 5.74) is 1.73. The van der Waals surface area contributed by atoms with E-state index >= 15 is 0 Å². The molecule has 1 aliphatic rings. The lowest BCUT2D eigenvalue weighted by Crippen LogP contribution is -2.26. The van der Waals surface area contributed by atoms with Crippen molar-refractivity contribution >= 4 is 21.8 Å². The fourth-order valence-corrected chi connectivity index (χ4v) is 2.73. The lowest BCUT2D eigenvalue weighted by molar-refractivity contribution is 0.0166. The molecular weight excluding hydrogens is 334 g/mol. The van der Waals surface area contributed by atoms with Gasteiger partial charge in [-0.25, -0.2) is 0 Å². The Labute approximate surface area is 134 Å². The molecule has 0 saturated carbocycles. The van der Waals surface area contributed by atoms with Gasteiger partial charge in [0.1, 0.15) is 0 Å². The molecule has 1 amide bonds. The van der Waals surface area contributed by atoms with Crippen molar-refractivity contribution in [1.29, 1.82) is 0 Å². The monoisotopic (exact) mass is 355 g/mol. The number of amides is 1. The maximum absolute atomic E-state index is 12.1. The van der Waals surface area contributed by atoms with Gasteiger partial charge in [-0.1, -0.05) is 12.1 Å². The second kappa shape index (κ2) is 8.51. The van der Waals surface area contributed by atoms with Gasteiger partial charge in [0.25, 0.3) is 5.91 Å². The van der Waals surface area contributed by atoms with Crippen molar-refractivity contribution in [2.24, 2.45) is 0 Å². The van der Waals surface area contributed by atoms with Crippen LogP contribution < -0.4 is 5.32 Å². The zero-order valence-corrected chi connectivity index (χ0v) is 13.9. The molecule has 4 nitrogen and oxygen atoms in total. The first-order valence-corrected chi connectivity index (χ1v) is 8.20. The van der Waals surface area contributed by atoms with Gasteiger partial charge in [0, 0.05) is 24.2 Å². The van der Waals surface area contributed by atoms with E-state index in [2.05, 4.69) is 21.2 Å². The second-order valence-corrected chi connectivity index (χ2v) is 6.05. The first-order chi connectivity index (χ1) is 10.2. The Kier molecular flexibility index (Phi) is 6.67. The number of hydrogen-bond donors (Lipinski definition) is 1. The Morgan fingerprint density at radius 1 is 1.52 bits per heavy atom. The van der Waals surface area contributed by atoms with Gasteiger partial charge in [0.15, 0.2) is 0 Å². The van der Waals surface area contributed by atoms with Crippen LogP contribution in [0.1, 0.15) is 35.2 Å². The lowest BCUT2D eigenvalue weighted by Gasteiger charge is -2.11. The van der Waals surface area contributed by atoms with Crippen LogP contribution in [-0.4, -0.2) is 38.4 Å². The number of aryl methyl sites for hydroxylation is 1. The molecule has 1 atom stereocenters. The number of nitrogens with one attached hydrogen (secondary N) is 1. The highest BCUT2D eigenvalue weighted by Gasteiger charge is 2.15. The van der Waals surface area contributed by atoms with Gasteiger partial charge < -0.3 is 14.8 Å². The number of carbonyl (C=O) groups excluding carboxylic acids is 1. The van der Waals surface area contributed by atoms with E-state index in [4.69, 9.17) is 9.47 Å². The molecule has 21 heavy (non-hydrogen) atoms. The lowest BCUT2D eigenvalue weighted by atomic mass is 10.1. The predicted molar refractivity (Wildman–Crippen MR) is 85.6 cm³/mol. The normalized spacial score (nSPS) is 17.9. The molecule has 1 heterocycles. The molecule has 0 radical (unpaired) electrons. The first-order valence-electron chi connectivity index (χ1n) is 7.41. The van der Waals surface area contributed by atoms with Crippen LogP contribution in [0.2, 0.25) is 0 Å². The van der Waals surface area contributed by atoms with Gasteiger partial charge in [0.2, 0.25) is 0 Å². The average Bonchev–Trinajstić information content (AvgIpc) is 2.98. The Morgan fingerprint density at radius 3 is 3.14 bits per heavy atom. The van der Waals surface area contributed by atoms with E-state index in [9.17, 15) is 4.79 Å². The fraction of sp³-hybridized carbons (Fsp3) is 0.562. The molecule has 0 aromatic heterocycles. The van der Waals surface area contributed by atoms with Gasteiger partial charge >= 0.3 is 0 Å². The fourth-order valence-electron chi connectivity index (χ4n) is 2.28. The van der Waals surface area contributed by atoms with E-state index in [0.29, 0.717) is 25.3 Å². The molecule has 0 aliphatic carbocycles. The Balaban J connectivity index is 1.61. The summed E-state index contributed by atoms with van der Waals surface area (Å²) in [5, 5.41) is 2.92. The van der Waals surface area contributed by atoms with Crippen LogP contribution in [-0.2, 0) is 9.47 Å². The van der Waals surface area contributed by atoms with Crippen molar-refractivity contribution in [2.45, 2.75) is 32.3 Å². The number of benzene rings is 1.